The summed E-state index contributed by atoms with van der Waals surface area (Å²) in [6.07, 6.45) is 0. The first-order valence-electron chi connectivity index (χ1n) is 11.5. The summed E-state index contributed by atoms with van der Waals surface area (Å²) in [5, 5.41) is 11.7. The van der Waals surface area contributed by atoms with Crippen molar-refractivity contribution in [1.82, 2.24) is 9.80 Å². The van der Waals surface area contributed by atoms with Gasteiger partial charge in [-0.05, 0) is 55.9 Å². The normalized spacial score (nSPS) is 16.2. The zero-order valence-corrected chi connectivity index (χ0v) is 20.0. The largest absolute Gasteiger partial charge is 0.503 e. The van der Waals surface area contributed by atoms with Gasteiger partial charge in [-0.1, -0.05) is 37.6 Å². The Hall–Kier alpha value is -3.58. The molecule has 0 aliphatic carbocycles. The molecule has 1 atom stereocenters. The van der Waals surface area contributed by atoms with Crippen molar-refractivity contribution in [2.45, 2.75) is 26.8 Å². The van der Waals surface area contributed by atoms with Crippen LogP contribution < -0.4 is 4.74 Å². The number of methoxy groups -OCH3 is 1. The van der Waals surface area contributed by atoms with Crippen LogP contribution in [0.5, 0.6) is 5.75 Å². The molecule has 1 aromatic heterocycles. The summed E-state index contributed by atoms with van der Waals surface area (Å²) >= 11 is 0. The van der Waals surface area contributed by atoms with Gasteiger partial charge >= 0.3 is 0 Å². The van der Waals surface area contributed by atoms with Gasteiger partial charge in [0.15, 0.2) is 11.5 Å². The Morgan fingerprint density at radius 2 is 1.91 bits per heavy atom. The number of aliphatic hydroxyl groups is 1. The second-order valence-corrected chi connectivity index (χ2v) is 8.45. The van der Waals surface area contributed by atoms with Crippen molar-refractivity contribution in [2.75, 3.05) is 33.3 Å². The minimum absolute atomic E-state index is 0.0218. The molecule has 1 aliphatic heterocycles. The molecule has 2 heterocycles. The van der Waals surface area contributed by atoms with Gasteiger partial charge in [-0.3, -0.25) is 9.59 Å². The first kappa shape index (κ1) is 23.6. The van der Waals surface area contributed by atoms with E-state index in [1.54, 1.807) is 30.2 Å². The average Bonchev–Trinajstić information content (AvgIpc) is 3.38. The van der Waals surface area contributed by atoms with Gasteiger partial charge in [-0.2, -0.15) is 0 Å². The summed E-state index contributed by atoms with van der Waals surface area (Å²) in [4.78, 5) is 30.6. The summed E-state index contributed by atoms with van der Waals surface area (Å²) in [6, 6.07) is 13.8. The molecule has 0 radical (unpaired) electrons. The van der Waals surface area contributed by atoms with Gasteiger partial charge in [0, 0.05) is 18.5 Å². The Morgan fingerprint density at radius 3 is 2.62 bits per heavy atom. The number of amides is 1. The van der Waals surface area contributed by atoms with Crippen LogP contribution in [0, 0.1) is 6.92 Å². The molecule has 2 aromatic carbocycles. The van der Waals surface area contributed by atoms with Crippen LogP contribution in [-0.2, 0) is 4.79 Å². The van der Waals surface area contributed by atoms with E-state index in [2.05, 4.69) is 18.7 Å². The number of hydrogen-bond donors (Lipinski definition) is 1. The highest BCUT2D eigenvalue weighted by Gasteiger charge is 2.44. The number of aryl methyl sites for hydroxylation is 1. The van der Waals surface area contributed by atoms with Crippen LogP contribution in [0.1, 0.15) is 41.6 Å². The molecule has 34 heavy (non-hydrogen) atoms. The van der Waals surface area contributed by atoms with Gasteiger partial charge in [0.1, 0.15) is 11.3 Å². The Labute approximate surface area is 199 Å². The number of aliphatic hydroxyl groups excluding tert-OH is 1. The van der Waals surface area contributed by atoms with Crippen LogP contribution >= 0.6 is 0 Å². The third-order valence-electron chi connectivity index (χ3n) is 6.40. The van der Waals surface area contributed by atoms with E-state index in [1.807, 2.05) is 37.3 Å². The number of Topliss-reactive ketones (excluding diaryl/α,β-unsaturated/α-hetero) is 1. The number of ketones is 1. The first-order chi connectivity index (χ1) is 16.4. The monoisotopic (exact) mass is 462 g/mol. The average molecular weight is 463 g/mol. The zero-order chi connectivity index (χ0) is 24.4. The van der Waals surface area contributed by atoms with Crippen molar-refractivity contribution >= 4 is 22.7 Å². The van der Waals surface area contributed by atoms with Crippen LogP contribution in [0.3, 0.4) is 0 Å². The fraction of sp³-hybridized carbons (Fsp3) is 0.333. The highest BCUT2D eigenvalue weighted by atomic mass is 16.5. The summed E-state index contributed by atoms with van der Waals surface area (Å²) in [5.74, 6) is -0.901. The minimum Gasteiger partial charge on any atom is -0.503 e. The van der Waals surface area contributed by atoms with Crippen molar-refractivity contribution in [3.63, 3.8) is 0 Å². The number of nitrogens with zero attached hydrogens (tertiary/aromatic N) is 2. The molecule has 1 amide bonds. The zero-order valence-electron chi connectivity index (χ0n) is 20.0. The van der Waals surface area contributed by atoms with E-state index in [4.69, 9.17) is 9.15 Å². The second-order valence-electron chi connectivity index (χ2n) is 8.45. The molecule has 1 aliphatic rings. The van der Waals surface area contributed by atoms with Gasteiger partial charge in [0.2, 0.25) is 5.78 Å². The highest BCUT2D eigenvalue weighted by molar-refractivity contribution is 6.16. The van der Waals surface area contributed by atoms with Crippen molar-refractivity contribution in [1.29, 1.82) is 0 Å². The second kappa shape index (κ2) is 9.73. The van der Waals surface area contributed by atoms with Crippen molar-refractivity contribution in [2.24, 2.45) is 0 Å². The minimum atomic E-state index is -0.749. The molecular formula is C27H30N2O5. The van der Waals surface area contributed by atoms with Crippen molar-refractivity contribution in [3.8, 4) is 5.75 Å². The number of likely N-dealkylation sites (N-methyl/N-ethyl adjacent to an activating group) is 1. The molecule has 7 nitrogen and oxygen atoms in total. The topological polar surface area (TPSA) is 83.2 Å². The Bertz CT molecular complexity index is 1250. The summed E-state index contributed by atoms with van der Waals surface area (Å²) in [6.45, 7) is 8.74. The molecule has 1 unspecified atom stereocenters. The number of hydrogen-bond acceptors (Lipinski definition) is 6. The Morgan fingerprint density at radius 1 is 1.15 bits per heavy atom. The Balaban J connectivity index is 1.77. The third kappa shape index (κ3) is 4.31. The summed E-state index contributed by atoms with van der Waals surface area (Å²) in [7, 11) is 1.56. The molecule has 4 rings (SSSR count). The van der Waals surface area contributed by atoms with E-state index in [0.29, 0.717) is 30.0 Å². The number of rotatable bonds is 9. The van der Waals surface area contributed by atoms with Crippen molar-refractivity contribution < 1.29 is 23.8 Å². The van der Waals surface area contributed by atoms with E-state index < -0.39 is 23.5 Å². The SMILES string of the molecule is CCN(CC)CCN1C(=O)C(O)=C(C(=O)c2cc3cc(C)ccc3o2)C1c1cccc(OC)c1. The fourth-order valence-corrected chi connectivity index (χ4v) is 4.47. The van der Waals surface area contributed by atoms with Gasteiger partial charge in [-0.15, -0.1) is 0 Å². The number of carbonyl (C=O) groups is 2. The highest BCUT2D eigenvalue weighted by Crippen LogP contribution is 2.40. The van der Waals surface area contributed by atoms with E-state index in [1.165, 1.54) is 0 Å². The lowest BCUT2D eigenvalue weighted by atomic mass is 9.94. The van der Waals surface area contributed by atoms with E-state index in [-0.39, 0.29) is 11.3 Å². The van der Waals surface area contributed by atoms with Gasteiger partial charge in [0.25, 0.3) is 5.91 Å². The summed E-state index contributed by atoms with van der Waals surface area (Å²) in [5.41, 5.74) is 2.33. The van der Waals surface area contributed by atoms with Gasteiger partial charge in [0.05, 0.1) is 18.7 Å². The number of carbonyl (C=O) groups excluding carboxylic acids is 2. The first-order valence-corrected chi connectivity index (χ1v) is 11.5. The predicted octanol–water partition coefficient (Wildman–Crippen LogP) is 4.67. The van der Waals surface area contributed by atoms with E-state index in [9.17, 15) is 14.7 Å². The van der Waals surface area contributed by atoms with Crippen molar-refractivity contribution in [3.05, 3.63) is 76.8 Å². The van der Waals surface area contributed by atoms with Crippen LogP contribution in [0.2, 0.25) is 0 Å². The smallest absolute Gasteiger partial charge is 0.290 e. The predicted molar refractivity (Wildman–Crippen MR) is 130 cm³/mol. The van der Waals surface area contributed by atoms with Gasteiger partial charge < -0.3 is 24.1 Å². The van der Waals surface area contributed by atoms with Crippen LogP contribution in [0.4, 0.5) is 0 Å². The third-order valence-corrected chi connectivity index (χ3v) is 6.40. The molecule has 7 heteroatoms. The molecule has 1 N–H and O–H groups in total. The van der Waals surface area contributed by atoms with Crippen LogP contribution in [0.15, 0.2) is 64.3 Å². The molecule has 0 spiro atoms. The Kier molecular flexibility index (Phi) is 6.75. The van der Waals surface area contributed by atoms with E-state index in [0.717, 1.165) is 24.0 Å². The molecule has 3 aromatic rings. The number of fused-ring (bicyclic) bond motifs is 1. The number of benzene rings is 2. The maximum absolute atomic E-state index is 13.7. The number of ether oxygens (including phenoxy) is 1. The maximum atomic E-state index is 13.7. The molecule has 0 bridgehead atoms. The lowest BCUT2D eigenvalue weighted by Crippen LogP contribution is -2.38. The lowest BCUT2D eigenvalue weighted by molar-refractivity contribution is -0.129. The van der Waals surface area contributed by atoms with Crippen LogP contribution in [-0.4, -0.2) is 59.9 Å². The molecule has 178 valence electrons. The molecular weight excluding hydrogens is 432 g/mol. The van der Waals surface area contributed by atoms with Gasteiger partial charge in [-0.25, -0.2) is 0 Å². The molecule has 0 saturated heterocycles. The number of furan rings is 1. The fourth-order valence-electron chi connectivity index (χ4n) is 4.47. The molecule has 0 fully saturated rings. The molecule has 0 saturated carbocycles. The van der Waals surface area contributed by atoms with Crippen LogP contribution in [0.25, 0.3) is 11.0 Å². The lowest BCUT2D eigenvalue weighted by Gasteiger charge is -2.29. The maximum Gasteiger partial charge on any atom is 0.290 e. The standard InChI is InChI=1S/C27H30N2O5/c1-5-28(6-2)12-13-29-24(18-8-7-9-20(15-18)33-4)23(26(31)27(29)32)25(30)22-16-19-14-17(3)10-11-21(19)34-22/h7-11,14-16,24,31H,5-6,12-13H2,1-4H3. The van der Waals surface area contributed by atoms with E-state index >= 15 is 0 Å². The quantitative estimate of drug-likeness (QED) is 0.465. The summed E-state index contributed by atoms with van der Waals surface area (Å²) < 4.78 is 11.2.